The largest absolute Gasteiger partial charge is 0.478 e. The van der Waals surface area contributed by atoms with Gasteiger partial charge < -0.3 is 9.63 Å². The third-order valence-electron chi connectivity index (χ3n) is 1.27. The maximum atomic E-state index is 10.6. The molecule has 1 unspecified atom stereocenters. The van der Waals surface area contributed by atoms with Gasteiger partial charge in [0.2, 0.25) is 0 Å². The van der Waals surface area contributed by atoms with E-state index < -0.39 is 5.97 Å². The summed E-state index contributed by atoms with van der Waals surface area (Å²) >= 11 is 5.33. The number of hydrogen-bond donors (Lipinski definition) is 1. The van der Waals surface area contributed by atoms with Crippen LogP contribution in [0.15, 0.2) is 24.3 Å². The molecule has 0 aromatic heterocycles. The van der Waals surface area contributed by atoms with E-state index in [2.05, 4.69) is 0 Å². The number of rotatable bonds is 3. The van der Waals surface area contributed by atoms with E-state index >= 15 is 0 Å². The maximum Gasteiger partial charge on any atom is 0.339 e. The highest BCUT2D eigenvalue weighted by Gasteiger charge is 2.08. The molecule has 1 atom stereocenters. The van der Waals surface area contributed by atoms with Crippen LogP contribution in [-0.2, 0) is 0 Å². The van der Waals surface area contributed by atoms with Crippen LogP contribution in [0.4, 0.5) is 0 Å². The number of para-hydroxylation sites is 1. The van der Waals surface area contributed by atoms with Crippen molar-refractivity contribution in [1.82, 2.24) is 0 Å². The van der Waals surface area contributed by atoms with Crippen LogP contribution in [0.2, 0.25) is 0 Å². The molecule has 0 aliphatic heterocycles. The normalized spacial score (nSPS) is 10.4. The predicted molar refractivity (Wildman–Crippen MR) is 48.2 cm³/mol. The molecule has 0 bridgehead atoms. The zero-order chi connectivity index (χ0) is 8.97. The van der Waals surface area contributed by atoms with E-state index in [0.29, 0.717) is 5.75 Å². The van der Waals surface area contributed by atoms with Gasteiger partial charge in [-0.15, -0.1) is 0 Å². The Morgan fingerprint density at radius 1 is 1.50 bits per heavy atom. The first-order chi connectivity index (χ1) is 5.75. The molecular weight excluding hydrogens is 199 g/mol. The lowest BCUT2D eigenvalue weighted by Crippen LogP contribution is -1.97. The predicted octanol–water partition coefficient (Wildman–Crippen LogP) is 2.51. The van der Waals surface area contributed by atoms with Crippen molar-refractivity contribution in [2.75, 3.05) is 0 Å². The highest BCUT2D eigenvalue weighted by molar-refractivity contribution is 7.64. The molecule has 0 aliphatic carbocycles. The van der Waals surface area contributed by atoms with Gasteiger partial charge in [-0.3, -0.25) is 0 Å². The molecule has 0 spiro atoms. The van der Waals surface area contributed by atoms with Crippen LogP contribution in [0.1, 0.15) is 10.4 Å². The number of aromatic carboxylic acids is 1. The molecule has 1 aromatic rings. The zero-order valence-corrected chi connectivity index (χ0v) is 7.71. The second-order valence-electron chi connectivity index (χ2n) is 1.98. The fourth-order valence-electron chi connectivity index (χ4n) is 0.774. The Labute approximate surface area is 76.0 Å². The third kappa shape index (κ3) is 2.10. The third-order valence-corrected chi connectivity index (χ3v) is 1.79. The zero-order valence-electron chi connectivity index (χ0n) is 5.95. The van der Waals surface area contributed by atoms with Gasteiger partial charge in [0.1, 0.15) is 11.3 Å². The lowest BCUT2D eigenvalue weighted by atomic mass is 10.2. The second-order valence-corrected chi connectivity index (χ2v) is 2.80. The van der Waals surface area contributed by atoms with Crippen molar-refractivity contribution in [2.24, 2.45) is 0 Å². The molecule has 5 heteroatoms. The van der Waals surface area contributed by atoms with Crippen LogP contribution in [0, 0.1) is 0 Å². The number of benzene rings is 1. The van der Waals surface area contributed by atoms with E-state index in [1.807, 2.05) is 0 Å². The maximum absolute atomic E-state index is 10.6. The molecule has 0 aliphatic rings. The minimum atomic E-state index is -1.01. The van der Waals surface area contributed by atoms with Gasteiger partial charge in [0.05, 0.1) is 0 Å². The van der Waals surface area contributed by atoms with E-state index in [9.17, 15) is 4.79 Å². The van der Waals surface area contributed by atoms with Crippen molar-refractivity contribution in [3.8, 4) is 5.75 Å². The topological polar surface area (TPSA) is 46.5 Å². The highest BCUT2D eigenvalue weighted by Crippen LogP contribution is 2.27. The Morgan fingerprint density at radius 2 is 2.17 bits per heavy atom. The molecule has 3 nitrogen and oxygen atoms in total. The van der Waals surface area contributed by atoms with E-state index in [0.717, 1.165) is 0 Å². The summed E-state index contributed by atoms with van der Waals surface area (Å²) in [7, 11) is -0.267. The Bertz CT molecular complexity index is 290. The molecule has 0 amide bonds. The summed E-state index contributed by atoms with van der Waals surface area (Å²) in [6.45, 7) is 0. The average molecular weight is 205 g/mol. The molecular formula is C7H6ClO3P. The van der Waals surface area contributed by atoms with Gasteiger partial charge in [-0.2, -0.15) is 0 Å². The van der Waals surface area contributed by atoms with Crippen LogP contribution in [0.25, 0.3) is 0 Å². The molecule has 0 fully saturated rings. The Morgan fingerprint density at radius 3 is 2.75 bits per heavy atom. The molecule has 1 aromatic carbocycles. The fraction of sp³-hybridized carbons (Fsp3) is 0. The first kappa shape index (κ1) is 9.30. The number of carboxylic acid groups (broad SMARTS) is 1. The van der Waals surface area contributed by atoms with E-state index in [1.54, 1.807) is 18.2 Å². The summed E-state index contributed by atoms with van der Waals surface area (Å²) in [5, 5.41) is 8.67. The quantitative estimate of drug-likeness (QED) is 0.770. The molecule has 12 heavy (non-hydrogen) atoms. The van der Waals surface area contributed by atoms with Gasteiger partial charge in [0.25, 0.3) is 0 Å². The first-order valence-electron chi connectivity index (χ1n) is 3.10. The van der Waals surface area contributed by atoms with Gasteiger partial charge in [-0.1, -0.05) is 23.4 Å². The van der Waals surface area contributed by atoms with Gasteiger partial charge >= 0.3 is 5.97 Å². The summed E-state index contributed by atoms with van der Waals surface area (Å²) in [4.78, 5) is 10.6. The van der Waals surface area contributed by atoms with Crippen molar-refractivity contribution in [2.45, 2.75) is 0 Å². The standard InChI is InChI=1S/C7H6ClO3P/c8-12-11-6-4-2-1-3-5(6)7(9)10/h1-4,12H,(H,9,10). The van der Waals surface area contributed by atoms with Crippen LogP contribution in [0.5, 0.6) is 5.75 Å². The molecule has 1 rings (SSSR count). The number of hydrogen-bond acceptors (Lipinski definition) is 2. The second kappa shape index (κ2) is 4.29. The Balaban J connectivity index is 3.00. The van der Waals surface area contributed by atoms with Crippen LogP contribution in [-0.4, -0.2) is 11.1 Å². The van der Waals surface area contributed by atoms with Gasteiger partial charge in [-0.05, 0) is 12.1 Å². The summed E-state index contributed by atoms with van der Waals surface area (Å²) in [5.74, 6) is -0.709. The van der Waals surface area contributed by atoms with Crippen molar-refractivity contribution < 1.29 is 14.4 Å². The molecule has 0 saturated heterocycles. The summed E-state index contributed by atoms with van der Waals surface area (Å²) in [6.07, 6.45) is 0. The summed E-state index contributed by atoms with van der Waals surface area (Å²) in [5.41, 5.74) is 0.130. The Kier molecular flexibility index (Phi) is 3.32. The average Bonchev–Trinajstić information content (AvgIpc) is 2.05. The first-order valence-corrected chi connectivity index (χ1v) is 5.02. The lowest BCUT2D eigenvalue weighted by Gasteiger charge is -2.03. The van der Waals surface area contributed by atoms with E-state index in [-0.39, 0.29) is 13.7 Å². The summed E-state index contributed by atoms with van der Waals surface area (Å²) < 4.78 is 4.91. The van der Waals surface area contributed by atoms with E-state index in [4.69, 9.17) is 20.9 Å². The molecule has 0 saturated carbocycles. The minimum Gasteiger partial charge on any atom is -0.478 e. The monoisotopic (exact) mass is 204 g/mol. The van der Waals surface area contributed by atoms with Crippen molar-refractivity contribution in [3.63, 3.8) is 0 Å². The minimum absolute atomic E-state index is 0.130. The number of halogens is 1. The molecule has 0 heterocycles. The SMILES string of the molecule is O=C(O)c1ccccc1OPCl. The van der Waals surface area contributed by atoms with Gasteiger partial charge in [-0.25, -0.2) is 4.79 Å². The Hall–Kier alpha value is -0.790. The van der Waals surface area contributed by atoms with Crippen LogP contribution in [0.3, 0.4) is 0 Å². The summed E-state index contributed by atoms with van der Waals surface area (Å²) in [6, 6.07) is 6.36. The smallest absolute Gasteiger partial charge is 0.339 e. The molecule has 0 radical (unpaired) electrons. The van der Waals surface area contributed by atoms with Crippen LogP contribution < -0.4 is 4.52 Å². The highest BCUT2D eigenvalue weighted by atomic mass is 35.7. The van der Waals surface area contributed by atoms with Crippen molar-refractivity contribution >= 4 is 25.4 Å². The molecule has 1 N–H and O–H groups in total. The van der Waals surface area contributed by atoms with Crippen molar-refractivity contribution in [1.29, 1.82) is 0 Å². The van der Waals surface area contributed by atoms with Crippen LogP contribution >= 0.6 is 19.4 Å². The van der Waals surface area contributed by atoms with E-state index in [1.165, 1.54) is 6.07 Å². The fourth-order valence-corrected chi connectivity index (χ4v) is 1.28. The lowest BCUT2D eigenvalue weighted by molar-refractivity contribution is 0.0695. The van der Waals surface area contributed by atoms with Gasteiger partial charge in [0.15, 0.2) is 8.16 Å². The van der Waals surface area contributed by atoms with Gasteiger partial charge in [0, 0.05) is 0 Å². The molecule has 64 valence electrons. The number of carbonyl (C=O) groups is 1. The number of carboxylic acids is 1. The van der Waals surface area contributed by atoms with Crippen molar-refractivity contribution in [3.05, 3.63) is 29.8 Å².